The largest absolute Gasteiger partial charge is 0.295 e. The maximum absolute atomic E-state index is 11.3. The summed E-state index contributed by atoms with van der Waals surface area (Å²) in [6.07, 6.45) is 4.11. The smallest absolute Gasteiger partial charge is 0.158 e. The van der Waals surface area contributed by atoms with Crippen molar-refractivity contribution in [3.8, 4) is 0 Å². The van der Waals surface area contributed by atoms with E-state index in [1.807, 2.05) is 13.8 Å². The van der Waals surface area contributed by atoms with E-state index in [0.717, 1.165) is 12.0 Å². The third-order valence-electron chi connectivity index (χ3n) is 2.28. The Morgan fingerprint density at radius 1 is 1.17 bits per heavy atom. The molecule has 0 rings (SSSR count). The van der Waals surface area contributed by atoms with Crippen LogP contribution in [0, 0.1) is 0 Å². The van der Waals surface area contributed by atoms with Crippen molar-refractivity contribution >= 4 is 5.78 Å². The van der Waals surface area contributed by atoms with Gasteiger partial charge in [-0.05, 0) is 32.3 Å². The number of carbonyl (C=O) groups excluding carboxylic acids is 1. The summed E-state index contributed by atoms with van der Waals surface area (Å²) in [7, 11) is 0. The molecule has 0 radical (unpaired) electrons. The van der Waals surface area contributed by atoms with Gasteiger partial charge in [0, 0.05) is 6.42 Å². The molecule has 0 heterocycles. The minimum atomic E-state index is 0.295. The van der Waals surface area contributed by atoms with Crippen LogP contribution < -0.4 is 0 Å². The van der Waals surface area contributed by atoms with Gasteiger partial charge in [0.15, 0.2) is 5.78 Å². The van der Waals surface area contributed by atoms with Crippen LogP contribution in [0.3, 0.4) is 0 Å². The van der Waals surface area contributed by atoms with Crippen LogP contribution >= 0.6 is 0 Å². The predicted octanol–water partition coefficient (Wildman–Crippen LogP) is 3.49. The van der Waals surface area contributed by atoms with Gasteiger partial charge in [0.25, 0.3) is 0 Å². The molecule has 0 saturated carbocycles. The Morgan fingerprint density at radius 3 is 2.17 bits per heavy atom. The Morgan fingerprint density at radius 2 is 1.75 bits per heavy atom. The van der Waals surface area contributed by atoms with E-state index in [0.29, 0.717) is 12.2 Å². The third-order valence-corrected chi connectivity index (χ3v) is 2.28. The highest BCUT2D eigenvalue weighted by molar-refractivity contribution is 5.95. The second kappa shape index (κ2) is 5.99. The number of allylic oxidation sites excluding steroid dienone is 2. The number of carbonyl (C=O) groups is 1. The second-order valence-corrected chi connectivity index (χ2v) is 3.29. The average Bonchev–Trinajstić information content (AvgIpc) is 2.11. The molecule has 0 N–H and O–H groups in total. The van der Waals surface area contributed by atoms with E-state index >= 15 is 0 Å². The maximum atomic E-state index is 11.3. The summed E-state index contributed by atoms with van der Waals surface area (Å²) in [6.45, 7) is 8.10. The zero-order valence-electron chi connectivity index (χ0n) is 8.74. The van der Waals surface area contributed by atoms with Crippen LogP contribution in [0.5, 0.6) is 0 Å². The van der Waals surface area contributed by atoms with Gasteiger partial charge in [-0.2, -0.15) is 0 Å². The highest BCUT2D eigenvalue weighted by Gasteiger charge is 2.04. The standard InChI is InChI=1S/C11H20O/c1-5-7-8-9(3)10(4)11(12)6-2/h5-8H2,1-4H3/b10-9+. The normalized spacial score (nSPS) is 12.7. The van der Waals surface area contributed by atoms with Gasteiger partial charge < -0.3 is 0 Å². The Labute approximate surface area is 75.9 Å². The summed E-state index contributed by atoms with van der Waals surface area (Å²) < 4.78 is 0. The van der Waals surface area contributed by atoms with Gasteiger partial charge in [0.2, 0.25) is 0 Å². The molecule has 0 aromatic carbocycles. The molecule has 0 atom stereocenters. The molecule has 0 aromatic heterocycles. The molecule has 0 saturated heterocycles. The predicted molar refractivity (Wildman–Crippen MR) is 53.2 cm³/mol. The first-order chi connectivity index (χ1) is 5.63. The molecule has 70 valence electrons. The van der Waals surface area contributed by atoms with Crippen molar-refractivity contribution in [1.82, 2.24) is 0 Å². The number of Topliss-reactive ketones (excluding diaryl/α,β-unsaturated/α-hetero) is 1. The van der Waals surface area contributed by atoms with Gasteiger partial charge in [0.1, 0.15) is 0 Å². The van der Waals surface area contributed by atoms with E-state index in [2.05, 4.69) is 13.8 Å². The monoisotopic (exact) mass is 168 g/mol. The first kappa shape index (κ1) is 11.4. The van der Waals surface area contributed by atoms with Crippen LogP contribution in [-0.4, -0.2) is 5.78 Å². The number of hydrogen-bond donors (Lipinski definition) is 0. The van der Waals surface area contributed by atoms with Gasteiger partial charge in [-0.15, -0.1) is 0 Å². The van der Waals surface area contributed by atoms with Crippen molar-refractivity contribution in [2.24, 2.45) is 0 Å². The van der Waals surface area contributed by atoms with Gasteiger partial charge in [-0.1, -0.05) is 25.8 Å². The van der Waals surface area contributed by atoms with Gasteiger partial charge in [-0.3, -0.25) is 4.79 Å². The Hall–Kier alpha value is -0.590. The lowest BCUT2D eigenvalue weighted by molar-refractivity contribution is -0.115. The molecule has 0 spiro atoms. The number of rotatable bonds is 5. The number of hydrogen-bond acceptors (Lipinski definition) is 1. The highest BCUT2D eigenvalue weighted by atomic mass is 16.1. The minimum Gasteiger partial charge on any atom is -0.295 e. The molecule has 0 amide bonds. The van der Waals surface area contributed by atoms with E-state index < -0.39 is 0 Å². The second-order valence-electron chi connectivity index (χ2n) is 3.29. The molecule has 12 heavy (non-hydrogen) atoms. The van der Waals surface area contributed by atoms with Crippen molar-refractivity contribution in [3.05, 3.63) is 11.1 Å². The zero-order chi connectivity index (χ0) is 9.56. The summed E-state index contributed by atoms with van der Waals surface area (Å²) in [4.78, 5) is 11.3. The molecule has 0 bridgehead atoms. The van der Waals surface area contributed by atoms with Gasteiger partial charge in [0.05, 0.1) is 0 Å². The Kier molecular flexibility index (Phi) is 5.69. The maximum Gasteiger partial charge on any atom is 0.158 e. The quantitative estimate of drug-likeness (QED) is 0.574. The van der Waals surface area contributed by atoms with Crippen LogP contribution in [0.4, 0.5) is 0 Å². The Bertz CT molecular complexity index is 177. The number of unbranched alkanes of at least 4 members (excludes halogenated alkanes) is 1. The lowest BCUT2D eigenvalue weighted by atomic mass is 10.0. The van der Waals surface area contributed by atoms with E-state index in [9.17, 15) is 4.79 Å². The summed E-state index contributed by atoms with van der Waals surface area (Å²) in [5, 5.41) is 0. The summed E-state index contributed by atoms with van der Waals surface area (Å²) in [6, 6.07) is 0. The van der Waals surface area contributed by atoms with Crippen LogP contribution in [0.1, 0.15) is 53.4 Å². The zero-order valence-corrected chi connectivity index (χ0v) is 8.74. The molecule has 0 aliphatic heterocycles. The topological polar surface area (TPSA) is 17.1 Å². The molecule has 0 unspecified atom stereocenters. The average molecular weight is 168 g/mol. The van der Waals surface area contributed by atoms with Crippen molar-refractivity contribution in [2.75, 3.05) is 0 Å². The van der Waals surface area contributed by atoms with Crippen LogP contribution in [0.2, 0.25) is 0 Å². The molecular weight excluding hydrogens is 148 g/mol. The molecule has 0 fully saturated rings. The lowest BCUT2D eigenvalue weighted by Crippen LogP contribution is -1.99. The fourth-order valence-corrected chi connectivity index (χ4v) is 1.13. The first-order valence-corrected chi connectivity index (χ1v) is 4.83. The Balaban J connectivity index is 4.15. The van der Waals surface area contributed by atoms with Crippen LogP contribution in [0.25, 0.3) is 0 Å². The SMILES string of the molecule is CCCC/C(C)=C(\C)C(=O)CC. The summed E-state index contributed by atoms with van der Waals surface area (Å²) in [5.41, 5.74) is 2.25. The molecule has 0 aliphatic carbocycles. The van der Waals surface area contributed by atoms with Crippen LogP contribution in [-0.2, 0) is 4.79 Å². The van der Waals surface area contributed by atoms with Gasteiger partial charge in [-0.25, -0.2) is 0 Å². The van der Waals surface area contributed by atoms with Crippen molar-refractivity contribution < 1.29 is 4.79 Å². The highest BCUT2D eigenvalue weighted by Crippen LogP contribution is 2.13. The van der Waals surface area contributed by atoms with Crippen molar-refractivity contribution in [3.63, 3.8) is 0 Å². The summed E-state index contributed by atoms with van der Waals surface area (Å²) in [5.74, 6) is 0.295. The third kappa shape index (κ3) is 3.70. The molecular formula is C11H20O. The molecule has 0 aromatic rings. The fraction of sp³-hybridized carbons (Fsp3) is 0.727. The summed E-state index contributed by atoms with van der Waals surface area (Å²) >= 11 is 0. The van der Waals surface area contributed by atoms with Crippen molar-refractivity contribution in [1.29, 1.82) is 0 Å². The van der Waals surface area contributed by atoms with Gasteiger partial charge >= 0.3 is 0 Å². The molecule has 0 aliphatic rings. The first-order valence-electron chi connectivity index (χ1n) is 4.83. The van der Waals surface area contributed by atoms with E-state index in [1.165, 1.54) is 18.4 Å². The lowest BCUT2D eigenvalue weighted by Gasteiger charge is -2.04. The number of ketones is 1. The minimum absolute atomic E-state index is 0.295. The molecule has 1 nitrogen and oxygen atoms in total. The fourth-order valence-electron chi connectivity index (χ4n) is 1.13. The van der Waals surface area contributed by atoms with E-state index in [1.54, 1.807) is 0 Å². The van der Waals surface area contributed by atoms with Crippen LogP contribution in [0.15, 0.2) is 11.1 Å². The van der Waals surface area contributed by atoms with E-state index in [4.69, 9.17) is 0 Å². The van der Waals surface area contributed by atoms with E-state index in [-0.39, 0.29) is 0 Å². The van der Waals surface area contributed by atoms with Crippen molar-refractivity contribution in [2.45, 2.75) is 53.4 Å². The molecule has 1 heteroatoms.